The van der Waals surface area contributed by atoms with E-state index in [0.29, 0.717) is 11.3 Å². The molecule has 1 amide bonds. The van der Waals surface area contributed by atoms with Crippen LogP contribution in [0.15, 0.2) is 29.2 Å². The molecule has 0 unspecified atom stereocenters. The second-order valence-corrected chi connectivity index (χ2v) is 5.47. The van der Waals surface area contributed by atoms with E-state index in [0.717, 1.165) is 37.1 Å². The third kappa shape index (κ3) is 3.60. The van der Waals surface area contributed by atoms with Crippen molar-refractivity contribution in [3.63, 3.8) is 0 Å². The molecule has 3 nitrogen and oxygen atoms in total. The molecule has 1 fully saturated rings. The van der Waals surface area contributed by atoms with Gasteiger partial charge in [-0.15, -0.1) is 11.8 Å². The Hall–Kier alpha value is -1.29. The predicted molar refractivity (Wildman–Crippen MR) is 73.0 cm³/mol. The van der Waals surface area contributed by atoms with Crippen molar-refractivity contribution in [2.45, 2.75) is 24.2 Å². The van der Waals surface area contributed by atoms with Gasteiger partial charge in [-0.25, -0.2) is 0 Å². The van der Waals surface area contributed by atoms with Crippen molar-refractivity contribution < 1.29 is 9.59 Å². The van der Waals surface area contributed by atoms with Crippen molar-refractivity contribution in [2.75, 3.05) is 18.8 Å². The molecule has 2 rings (SSSR count). The number of aldehydes is 1. The van der Waals surface area contributed by atoms with E-state index < -0.39 is 0 Å². The lowest BCUT2D eigenvalue weighted by atomic mass is 10.1. The Morgan fingerprint density at radius 1 is 1.17 bits per heavy atom. The number of nitrogens with zero attached hydrogens (tertiary/aromatic N) is 1. The highest BCUT2D eigenvalue weighted by Gasteiger charge is 2.16. The van der Waals surface area contributed by atoms with E-state index in [9.17, 15) is 9.59 Å². The van der Waals surface area contributed by atoms with Gasteiger partial charge in [0.25, 0.3) is 0 Å². The molecule has 1 aromatic rings. The molecule has 96 valence electrons. The molecule has 1 aliphatic heterocycles. The lowest BCUT2D eigenvalue weighted by Crippen LogP contribution is -2.36. The number of hydrogen-bond acceptors (Lipinski definition) is 3. The van der Waals surface area contributed by atoms with E-state index in [4.69, 9.17) is 0 Å². The third-order valence-electron chi connectivity index (χ3n) is 3.09. The average molecular weight is 263 g/mol. The van der Waals surface area contributed by atoms with Gasteiger partial charge in [-0.05, 0) is 31.4 Å². The van der Waals surface area contributed by atoms with E-state index in [1.807, 2.05) is 17.0 Å². The van der Waals surface area contributed by atoms with Crippen LogP contribution < -0.4 is 0 Å². The van der Waals surface area contributed by atoms with Crippen LogP contribution in [-0.4, -0.2) is 35.9 Å². The van der Waals surface area contributed by atoms with Gasteiger partial charge in [-0.3, -0.25) is 9.59 Å². The number of benzene rings is 1. The number of carbonyl (C=O) groups is 2. The topological polar surface area (TPSA) is 37.4 Å². The molecule has 0 bridgehead atoms. The lowest BCUT2D eigenvalue weighted by Gasteiger charge is -2.26. The van der Waals surface area contributed by atoms with E-state index in [1.54, 1.807) is 12.1 Å². The van der Waals surface area contributed by atoms with Crippen LogP contribution in [0.4, 0.5) is 0 Å². The van der Waals surface area contributed by atoms with Gasteiger partial charge in [0.2, 0.25) is 5.91 Å². The summed E-state index contributed by atoms with van der Waals surface area (Å²) in [5, 5.41) is 0. The summed E-state index contributed by atoms with van der Waals surface area (Å²) >= 11 is 1.53. The molecule has 4 heteroatoms. The summed E-state index contributed by atoms with van der Waals surface area (Å²) in [6, 6.07) is 7.33. The highest BCUT2D eigenvalue weighted by atomic mass is 32.2. The maximum atomic E-state index is 11.9. The molecular formula is C14H17NO2S. The first-order valence-corrected chi connectivity index (χ1v) is 7.24. The minimum atomic E-state index is 0.221. The third-order valence-corrected chi connectivity index (χ3v) is 4.08. The first kappa shape index (κ1) is 13.1. The van der Waals surface area contributed by atoms with Crippen molar-refractivity contribution in [3.8, 4) is 0 Å². The van der Waals surface area contributed by atoms with Crippen LogP contribution in [0.1, 0.15) is 29.6 Å². The van der Waals surface area contributed by atoms with E-state index in [2.05, 4.69) is 0 Å². The normalized spacial score (nSPS) is 15.4. The molecule has 1 saturated heterocycles. The first-order valence-electron chi connectivity index (χ1n) is 6.25. The zero-order valence-corrected chi connectivity index (χ0v) is 11.1. The molecule has 0 spiro atoms. The molecule has 0 atom stereocenters. The molecule has 1 aliphatic rings. The number of amides is 1. The lowest BCUT2D eigenvalue weighted by molar-refractivity contribution is -0.129. The zero-order chi connectivity index (χ0) is 12.8. The zero-order valence-electron chi connectivity index (χ0n) is 10.3. The minimum absolute atomic E-state index is 0.221. The maximum Gasteiger partial charge on any atom is 0.232 e. The first-order chi connectivity index (χ1) is 8.79. The Bertz CT molecular complexity index is 410. The van der Waals surface area contributed by atoms with Gasteiger partial charge in [0.1, 0.15) is 6.29 Å². The van der Waals surface area contributed by atoms with Crippen LogP contribution in [0.2, 0.25) is 0 Å². The second-order valence-electron chi connectivity index (χ2n) is 4.42. The average Bonchev–Trinajstić information content (AvgIpc) is 2.46. The Balaban J connectivity index is 1.82. The monoisotopic (exact) mass is 263 g/mol. The molecule has 1 aromatic carbocycles. The van der Waals surface area contributed by atoms with Gasteiger partial charge in [0.05, 0.1) is 5.75 Å². The molecule has 0 radical (unpaired) electrons. The molecule has 0 N–H and O–H groups in total. The van der Waals surface area contributed by atoms with Gasteiger partial charge in [0.15, 0.2) is 0 Å². The van der Waals surface area contributed by atoms with E-state index >= 15 is 0 Å². The van der Waals surface area contributed by atoms with E-state index in [-0.39, 0.29) is 5.91 Å². The quantitative estimate of drug-likeness (QED) is 0.619. The molecule has 0 aliphatic carbocycles. The van der Waals surface area contributed by atoms with Crippen molar-refractivity contribution in [1.29, 1.82) is 0 Å². The Kier molecular flexibility index (Phi) is 4.81. The van der Waals surface area contributed by atoms with Gasteiger partial charge in [-0.2, -0.15) is 0 Å². The van der Waals surface area contributed by atoms with Crippen LogP contribution >= 0.6 is 11.8 Å². The maximum absolute atomic E-state index is 11.9. The highest BCUT2D eigenvalue weighted by Crippen LogP contribution is 2.19. The Morgan fingerprint density at radius 2 is 1.83 bits per heavy atom. The fourth-order valence-electron chi connectivity index (χ4n) is 2.02. The standard InChI is InChI=1S/C14H17NO2S/c16-10-12-4-6-13(7-5-12)18-11-14(17)15-8-2-1-3-9-15/h4-7,10H,1-3,8-9,11H2. The number of piperidine rings is 1. The SMILES string of the molecule is O=Cc1ccc(SCC(=O)N2CCCCC2)cc1. The van der Waals surface area contributed by atoms with Crippen molar-refractivity contribution >= 4 is 24.0 Å². The summed E-state index contributed by atoms with van der Waals surface area (Å²) < 4.78 is 0. The van der Waals surface area contributed by atoms with Crippen molar-refractivity contribution in [2.24, 2.45) is 0 Å². The van der Waals surface area contributed by atoms with Crippen LogP contribution in [0, 0.1) is 0 Å². The Labute approximate surface area is 112 Å². The van der Waals surface area contributed by atoms with Crippen LogP contribution in [0.25, 0.3) is 0 Å². The van der Waals surface area contributed by atoms with Crippen LogP contribution in [-0.2, 0) is 4.79 Å². The molecule has 18 heavy (non-hydrogen) atoms. The number of carbonyl (C=O) groups excluding carboxylic acids is 2. The second kappa shape index (κ2) is 6.59. The summed E-state index contributed by atoms with van der Waals surface area (Å²) in [7, 11) is 0. The van der Waals surface area contributed by atoms with E-state index in [1.165, 1.54) is 18.2 Å². The number of rotatable bonds is 4. The predicted octanol–water partition coefficient (Wildman–Crippen LogP) is 2.60. The minimum Gasteiger partial charge on any atom is -0.342 e. The summed E-state index contributed by atoms with van der Waals surface area (Å²) in [6.45, 7) is 1.81. The number of thioether (sulfide) groups is 1. The summed E-state index contributed by atoms with van der Waals surface area (Å²) in [6.07, 6.45) is 4.33. The fraction of sp³-hybridized carbons (Fsp3) is 0.429. The summed E-state index contributed by atoms with van der Waals surface area (Å²) in [4.78, 5) is 25.5. The Morgan fingerprint density at radius 3 is 2.44 bits per heavy atom. The number of hydrogen-bond donors (Lipinski definition) is 0. The van der Waals surface area contributed by atoms with Crippen molar-refractivity contribution in [3.05, 3.63) is 29.8 Å². The fourth-order valence-corrected chi connectivity index (χ4v) is 2.82. The van der Waals surface area contributed by atoms with Gasteiger partial charge in [0, 0.05) is 23.5 Å². The van der Waals surface area contributed by atoms with Crippen LogP contribution in [0.5, 0.6) is 0 Å². The van der Waals surface area contributed by atoms with Crippen LogP contribution in [0.3, 0.4) is 0 Å². The van der Waals surface area contributed by atoms with Gasteiger partial charge >= 0.3 is 0 Å². The van der Waals surface area contributed by atoms with Crippen molar-refractivity contribution in [1.82, 2.24) is 4.90 Å². The molecular weight excluding hydrogens is 246 g/mol. The number of likely N-dealkylation sites (tertiary alicyclic amines) is 1. The smallest absolute Gasteiger partial charge is 0.232 e. The largest absolute Gasteiger partial charge is 0.342 e. The molecule has 1 heterocycles. The van der Waals surface area contributed by atoms with Gasteiger partial charge in [-0.1, -0.05) is 12.1 Å². The van der Waals surface area contributed by atoms with Gasteiger partial charge < -0.3 is 4.90 Å². The molecule has 0 aromatic heterocycles. The molecule has 0 saturated carbocycles. The highest BCUT2D eigenvalue weighted by molar-refractivity contribution is 8.00. The summed E-state index contributed by atoms with van der Waals surface area (Å²) in [5.74, 6) is 0.708. The summed E-state index contributed by atoms with van der Waals surface area (Å²) in [5.41, 5.74) is 0.668.